The Morgan fingerprint density at radius 3 is 2.35 bits per heavy atom. The van der Waals surface area contributed by atoms with Gasteiger partial charge in [0.05, 0.1) is 17.1 Å². The van der Waals surface area contributed by atoms with Crippen LogP contribution in [0.3, 0.4) is 0 Å². The van der Waals surface area contributed by atoms with Gasteiger partial charge in [-0.15, -0.1) is 0 Å². The Labute approximate surface area is 182 Å². The molecule has 2 aromatic carbocycles. The molecule has 10 heteroatoms. The molecular formula is C21H21ClF3N3O3. The van der Waals surface area contributed by atoms with E-state index >= 15 is 0 Å². The van der Waals surface area contributed by atoms with Crippen molar-refractivity contribution in [2.45, 2.75) is 6.18 Å². The standard InChI is InChI=1S/C21H21ClF3N3O3/c22-18-7-6-15(12-17(18)21(23,24)25)26-19(29)13-27-8-10-28(11-9-27)20(30)14-31-16-4-2-1-3-5-16/h1-7,12H,8-11,13-14H2,(H,26,29). The summed E-state index contributed by atoms with van der Waals surface area (Å²) in [6.45, 7) is 1.75. The molecule has 0 saturated carbocycles. The molecule has 2 amide bonds. The van der Waals surface area contributed by atoms with E-state index in [4.69, 9.17) is 16.3 Å². The molecule has 31 heavy (non-hydrogen) atoms. The molecule has 0 radical (unpaired) electrons. The van der Waals surface area contributed by atoms with Crippen molar-refractivity contribution in [1.82, 2.24) is 9.80 Å². The number of ether oxygens (including phenoxy) is 1. The molecule has 1 aliphatic heterocycles. The summed E-state index contributed by atoms with van der Waals surface area (Å²) >= 11 is 5.59. The Bertz CT molecular complexity index is 917. The maximum atomic E-state index is 12.9. The number of anilines is 1. The quantitative estimate of drug-likeness (QED) is 0.724. The van der Waals surface area contributed by atoms with Gasteiger partial charge in [0, 0.05) is 31.9 Å². The highest BCUT2D eigenvalue weighted by Gasteiger charge is 2.33. The Hall–Kier alpha value is -2.78. The third-order valence-electron chi connectivity index (χ3n) is 4.75. The lowest BCUT2D eigenvalue weighted by molar-refractivity contribution is -0.137. The average molecular weight is 456 g/mol. The molecule has 0 aliphatic carbocycles. The summed E-state index contributed by atoms with van der Waals surface area (Å²) in [5, 5.41) is 2.03. The van der Waals surface area contributed by atoms with Crippen LogP contribution in [0.5, 0.6) is 5.75 Å². The van der Waals surface area contributed by atoms with Crippen LogP contribution in [0.15, 0.2) is 48.5 Å². The fraction of sp³-hybridized carbons (Fsp3) is 0.333. The van der Waals surface area contributed by atoms with E-state index in [1.807, 2.05) is 23.1 Å². The van der Waals surface area contributed by atoms with Crippen molar-refractivity contribution in [3.63, 3.8) is 0 Å². The zero-order valence-electron chi connectivity index (χ0n) is 16.5. The number of carbonyl (C=O) groups is 2. The van der Waals surface area contributed by atoms with E-state index in [1.54, 1.807) is 17.0 Å². The molecule has 0 bridgehead atoms. The van der Waals surface area contributed by atoms with Gasteiger partial charge in [-0.05, 0) is 30.3 Å². The van der Waals surface area contributed by atoms with Crippen LogP contribution in [-0.2, 0) is 15.8 Å². The van der Waals surface area contributed by atoms with Crippen molar-refractivity contribution >= 4 is 29.1 Å². The number of hydrogen-bond donors (Lipinski definition) is 1. The van der Waals surface area contributed by atoms with E-state index in [9.17, 15) is 22.8 Å². The minimum atomic E-state index is -4.61. The SMILES string of the molecule is O=C(CN1CCN(C(=O)COc2ccccc2)CC1)Nc1ccc(Cl)c(C(F)(F)F)c1. The minimum absolute atomic E-state index is 0.00647. The summed E-state index contributed by atoms with van der Waals surface area (Å²) in [6.07, 6.45) is -4.61. The fourth-order valence-corrected chi connectivity index (χ4v) is 3.36. The number of para-hydroxylation sites is 1. The van der Waals surface area contributed by atoms with Crippen LogP contribution < -0.4 is 10.1 Å². The second-order valence-corrected chi connectivity index (χ2v) is 7.41. The lowest BCUT2D eigenvalue weighted by atomic mass is 10.2. The molecule has 0 unspecified atom stereocenters. The highest BCUT2D eigenvalue weighted by Crippen LogP contribution is 2.36. The second-order valence-electron chi connectivity index (χ2n) is 7.00. The van der Waals surface area contributed by atoms with Crippen LogP contribution in [0.2, 0.25) is 5.02 Å². The van der Waals surface area contributed by atoms with E-state index < -0.39 is 22.7 Å². The number of halogens is 4. The average Bonchev–Trinajstić information content (AvgIpc) is 2.74. The highest BCUT2D eigenvalue weighted by atomic mass is 35.5. The Balaban J connectivity index is 1.44. The van der Waals surface area contributed by atoms with Crippen LogP contribution in [0.4, 0.5) is 18.9 Å². The van der Waals surface area contributed by atoms with Crippen LogP contribution in [0.25, 0.3) is 0 Å². The molecule has 6 nitrogen and oxygen atoms in total. The zero-order valence-corrected chi connectivity index (χ0v) is 17.2. The molecule has 166 valence electrons. The van der Waals surface area contributed by atoms with Crippen molar-refractivity contribution in [2.24, 2.45) is 0 Å². The van der Waals surface area contributed by atoms with E-state index in [-0.39, 0.29) is 24.7 Å². The Morgan fingerprint density at radius 2 is 1.71 bits per heavy atom. The van der Waals surface area contributed by atoms with Crippen molar-refractivity contribution < 1.29 is 27.5 Å². The smallest absolute Gasteiger partial charge is 0.417 e. The van der Waals surface area contributed by atoms with Crippen molar-refractivity contribution in [2.75, 3.05) is 44.6 Å². The molecule has 0 spiro atoms. The lowest BCUT2D eigenvalue weighted by Crippen LogP contribution is -2.51. The first kappa shape index (κ1) is 22.9. The summed E-state index contributed by atoms with van der Waals surface area (Å²) < 4.78 is 44.3. The molecule has 0 aromatic heterocycles. The van der Waals surface area contributed by atoms with Gasteiger partial charge in [-0.25, -0.2) is 0 Å². The number of piperazine rings is 1. The first-order chi connectivity index (χ1) is 14.7. The molecule has 1 heterocycles. The predicted octanol–water partition coefficient (Wildman–Crippen LogP) is 3.52. The van der Waals surface area contributed by atoms with Gasteiger partial charge in [0.1, 0.15) is 5.75 Å². The summed E-state index contributed by atoms with van der Waals surface area (Å²) in [7, 11) is 0. The minimum Gasteiger partial charge on any atom is -0.484 e. The number of alkyl halides is 3. The van der Waals surface area contributed by atoms with Crippen LogP contribution in [0, 0.1) is 0 Å². The van der Waals surface area contributed by atoms with Crippen molar-refractivity contribution in [3.05, 3.63) is 59.1 Å². The van der Waals surface area contributed by atoms with Crippen LogP contribution in [0.1, 0.15) is 5.56 Å². The largest absolute Gasteiger partial charge is 0.484 e. The number of benzene rings is 2. The number of nitrogens with one attached hydrogen (secondary N) is 1. The van der Waals surface area contributed by atoms with E-state index in [1.165, 1.54) is 6.07 Å². The monoisotopic (exact) mass is 455 g/mol. The molecular weight excluding hydrogens is 435 g/mol. The maximum Gasteiger partial charge on any atom is 0.417 e. The molecule has 1 aliphatic rings. The van der Waals surface area contributed by atoms with Crippen molar-refractivity contribution in [1.29, 1.82) is 0 Å². The van der Waals surface area contributed by atoms with Gasteiger partial charge in [0.2, 0.25) is 5.91 Å². The van der Waals surface area contributed by atoms with Gasteiger partial charge in [-0.2, -0.15) is 13.2 Å². The van der Waals surface area contributed by atoms with E-state index in [0.717, 1.165) is 12.1 Å². The highest BCUT2D eigenvalue weighted by molar-refractivity contribution is 6.31. The van der Waals surface area contributed by atoms with Crippen LogP contribution >= 0.6 is 11.6 Å². The first-order valence-corrected chi connectivity index (χ1v) is 9.95. The van der Waals surface area contributed by atoms with Crippen LogP contribution in [-0.4, -0.2) is 60.9 Å². The number of hydrogen-bond acceptors (Lipinski definition) is 4. The second kappa shape index (κ2) is 10.0. The zero-order chi connectivity index (χ0) is 22.4. The summed E-state index contributed by atoms with van der Waals surface area (Å²) in [4.78, 5) is 28.0. The molecule has 2 aromatic rings. The molecule has 1 saturated heterocycles. The Kier molecular flexibility index (Phi) is 7.40. The Morgan fingerprint density at radius 1 is 1.03 bits per heavy atom. The molecule has 1 N–H and O–H groups in total. The summed E-state index contributed by atoms with van der Waals surface area (Å²) in [6, 6.07) is 12.2. The number of carbonyl (C=O) groups excluding carboxylic acids is 2. The summed E-state index contributed by atoms with van der Waals surface area (Å²) in [5.74, 6) is 0.0264. The molecule has 1 fully saturated rings. The lowest BCUT2D eigenvalue weighted by Gasteiger charge is -2.34. The van der Waals surface area contributed by atoms with Crippen molar-refractivity contribution in [3.8, 4) is 5.75 Å². The van der Waals surface area contributed by atoms with Gasteiger partial charge in [0.25, 0.3) is 5.91 Å². The predicted molar refractivity (Wildman–Crippen MR) is 110 cm³/mol. The maximum absolute atomic E-state index is 12.9. The first-order valence-electron chi connectivity index (χ1n) is 9.57. The fourth-order valence-electron chi connectivity index (χ4n) is 3.13. The number of rotatable bonds is 6. The topological polar surface area (TPSA) is 61.9 Å². The van der Waals surface area contributed by atoms with Gasteiger partial charge >= 0.3 is 6.18 Å². The van der Waals surface area contributed by atoms with Gasteiger partial charge in [-0.3, -0.25) is 14.5 Å². The third-order valence-corrected chi connectivity index (χ3v) is 5.08. The normalized spacial score (nSPS) is 14.9. The number of nitrogens with zero attached hydrogens (tertiary/aromatic N) is 2. The van der Waals surface area contributed by atoms with Gasteiger partial charge < -0.3 is 15.0 Å². The van der Waals surface area contributed by atoms with E-state index in [2.05, 4.69) is 5.32 Å². The number of amides is 2. The third kappa shape index (κ3) is 6.60. The van der Waals surface area contributed by atoms with E-state index in [0.29, 0.717) is 31.9 Å². The summed E-state index contributed by atoms with van der Waals surface area (Å²) in [5.41, 5.74) is -0.981. The van der Waals surface area contributed by atoms with Gasteiger partial charge in [-0.1, -0.05) is 29.8 Å². The molecule has 0 atom stereocenters. The molecule has 3 rings (SSSR count). The van der Waals surface area contributed by atoms with Gasteiger partial charge in [0.15, 0.2) is 6.61 Å².